The van der Waals surface area contributed by atoms with Gasteiger partial charge in [-0.15, -0.1) is 0 Å². The Hall–Kier alpha value is -1.77. The fourth-order valence-corrected chi connectivity index (χ4v) is 2.56. The van der Waals surface area contributed by atoms with E-state index in [1.807, 2.05) is 0 Å². The molecule has 1 aromatic carbocycles. The van der Waals surface area contributed by atoms with Crippen LogP contribution < -0.4 is 4.90 Å². The molecule has 0 spiro atoms. The zero-order valence-corrected chi connectivity index (χ0v) is 10.8. The van der Waals surface area contributed by atoms with Crippen molar-refractivity contribution in [2.45, 2.75) is 26.2 Å². The van der Waals surface area contributed by atoms with Gasteiger partial charge in [0.05, 0.1) is 5.69 Å². The van der Waals surface area contributed by atoms with E-state index in [4.69, 9.17) is 0 Å². The lowest BCUT2D eigenvalue weighted by atomic mass is 10.1. The monoisotopic (exact) mass is 241 g/mol. The van der Waals surface area contributed by atoms with Crippen LogP contribution in [-0.4, -0.2) is 23.3 Å². The van der Waals surface area contributed by atoms with E-state index in [2.05, 4.69) is 52.4 Å². The van der Waals surface area contributed by atoms with E-state index in [0.29, 0.717) is 0 Å². The van der Waals surface area contributed by atoms with Gasteiger partial charge < -0.3 is 4.90 Å². The Morgan fingerprint density at radius 1 is 1.11 bits per heavy atom. The number of aromatic nitrogens is 2. The third-order valence-electron chi connectivity index (χ3n) is 3.57. The highest BCUT2D eigenvalue weighted by atomic mass is 15.3. The molecule has 0 amide bonds. The van der Waals surface area contributed by atoms with Crippen LogP contribution >= 0.6 is 0 Å². The fraction of sp³-hybridized carbons (Fsp3) is 0.400. The van der Waals surface area contributed by atoms with Gasteiger partial charge >= 0.3 is 0 Å². The lowest BCUT2D eigenvalue weighted by molar-refractivity contribution is 0.573. The highest BCUT2D eigenvalue weighted by Crippen LogP contribution is 2.24. The Kier molecular flexibility index (Phi) is 3.05. The second kappa shape index (κ2) is 4.84. The molecule has 3 rings (SSSR count). The van der Waals surface area contributed by atoms with Crippen molar-refractivity contribution in [3.63, 3.8) is 0 Å². The van der Waals surface area contributed by atoms with Gasteiger partial charge in [-0.2, -0.15) is 5.10 Å². The molecule has 0 radical (unpaired) electrons. The standard InChI is InChI=1S/C15H19N3/c1-12-6-5-7-13(10-12)14-11-15(17-16-14)18-8-3-2-4-9-18/h5-7,10-11H,2-4,8-9H2,1H3,(H,16,17). The van der Waals surface area contributed by atoms with Gasteiger partial charge in [-0.05, 0) is 37.8 Å². The van der Waals surface area contributed by atoms with Crippen LogP contribution in [-0.2, 0) is 0 Å². The van der Waals surface area contributed by atoms with Crippen LogP contribution in [0.4, 0.5) is 5.82 Å². The maximum atomic E-state index is 4.45. The molecule has 2 aromatic rings. The third kappa shape index (κ3) is 2.26. The number of nitrogens with one attached hydrogen (secondary N) is 1. The molecule has 1 saturated heterocycles. The predicted octanol–water partition coefficient (Wildman–Crippen LogP) is 3.38. The van der Waals surface area contributed by atoms with E-state index < -0.39 is 0 Å². The van der Waals surface area contributed by atoms with Crippen molar-refractivity contribution < 1.29 is 0 Å². The summed E-state index contributed by atoms with van der Waals surface area (Å²) in [7, 11) is 0. The van der Waals surface area contributed by atoms with Gasteiger partial charge in [0, 0.05) is 19.2 Å². The summed E-state index contributed by atoms with van der Waals surface area (Å²) in [5.41, 5.74) is 3.60. The Morgan fingerprint density at radius 3 is 2.72 bits per heavy atom. The van der Waals surface area contributed by atoms with Crippen molar-refractivity contribution >= 4 is 5.82 Å². The number of benzene rings is 1. The number of piperidine rings is 1. The van der Waals surface area contributed by atoms with E-state index in [-0.39, 0.29) is 0 Å². The largest absolute Gasteiger partial charge is 0.355 e. The van der Waals surface area contributed by atoms with Gasteiger partial charge in [-0.1, -0.05) is 23.8 Å². The third-order valence-corrected chi connectivity index (χ3v) is 3.57. The molecular weight excluding hydrogens is 222 g/mol. The van der Waals surface area contributed by atoms with E-state index in [0.717, 1.165) is 24.6 Å². The SMILES string of the molecule is Cc1cccc(-c2cc(N3CCCCC3)n[nH]2)c1. The number of aromatic amines is 1. The zero-order chi connectivity index (χ0) is 12.4. The maximum absolute atomic E-state index is 4.45. The van der Waals surface area contributed by atoms with Crippen LogP contribution in [0, 0.1) is 6.92 Å². The first kappa shape index (κ1) is 11.3. The first-order valence-electron chi connectivity index (χ1n) is 6.70. The molecule has 1 aromatic heterocycles. The number of anilines is 1. The van der Waals surface area contributed by atoms with Gasteiger partial charge in [0.15, 0.2) is 5.82 Å². The molecule has 0 bridgehead atoms. The molecule has 18 heavy (non-hydrogen) atoms. The van der Waals surface area contributed by atoms with E-state index in [1.54, 1.807) is 0 Å². The summed E-state index contributed by atoms with van der Waals surface area (Å²) in [6.07, 6.45) is 3.92. The number of H-pyrrole nitrogens is 1. The smallest absolute Gasteiger partial charge is 0.150 e. The average molecular weight is 241 g/mol. The van der Waals surface area contributed by atoms with Crippen LogP contribution in [0.3, 0.4) is 0 Å². The second-order valence-corrected chi connectivity index (χ2v) is 5.06. The Balaban J connectivity index is 1.84. The fourth-order valence-electron chi connectivity index (χ4n) is 2.56. The average Bonchev–Trinajstić information content (AvgIpc) is 2.89. The molecule has 94 valence electrons. The molecule has 1 fully saturated rings. The number of aryl methyl sites for hydroxylation is 1. The van der Waals surface area contributed by atoms with Gasteiger partial charge in [0.1, 0.15) is 0 Å². The van der Waals surface area contributed by atoms with Gasteiger partial charge in [0.2, 0.25) is 0 Å². The molecule has 1 aliphatic rings. The predicted molar refractivity (Wildman–Crippen MR) is 74.8 cm³/mol. The minimum absolute atomic E-state index is 1.09. The summed E-state index contributed by atoms with van der Waals surface area (Å²) in [4.78, 5) is 2.37. The Bertz CT molecular complexity index is 524. The molecular formula is C15H19N3. The zero-order valence-electron chi connectivity index (χ0n) is 10.8. The normalized spacial score (nSPS) is 15.9. The molecule has 0 atom stereocenters. The van der Waals surface area contributed by atoms with Crippen LogP contribution in [0.1, 0.15) is 24.8 Å². The number of rotatable bonds is 2. The first-order chi connectivity index (χ1) is 8.83. The molecule has 3 heteroatoms. The number of hydrogen-bond donors (Lipinski definition) is 1. The van der Waals surface area contributed by atoms with Crippen LogP contribution in [0.2, 0.25) is 0 Å². The van der Waals surface area contributed by atoms with E-state index >= 15 is 0 Å². The van der Waals surface area contributed by atoms with E-state index in [9.17, 15) is 0 Å². The Morgan fingerprint density at radius 2 is 1.94 bits per heavy atom. The lowest BCUT2D eigenvalue weighted by Crippen LogP contribution is -2.29. The van der Waals surface area contributed by atoms with Crippen molar-refractivity contribution in [3.8, 4) is 11.3 Å². The van der Waals surface area contributed by atoms with E-state index in [1.165, 1.54) is 30.4 Å². The summed E-state index contributed by atoms with van der Waals surface area (Å²) in [5.74, 6) is 1.09. The van der Waals surface area contributed by atoms with Crippen LogP contribution in [0.15, 0.2) is 30.3 Å². The summed E-state index contributed by atoms with van der Waals surface area (Å²) >= 11 is 0. The summed E-state index contributed by atoms with van der Waals surface area (Å²) in [6.45, 7) is 4.39. The molecule has 2 heterocycles. The van der Waals surface area contributed by atoms with Gasteiger partial charge in [-0.25, -0.2) is 0 Å². The summed E-state index contributed by atoms with van der Waals surface area (Å²) in [5, 5.41) is 7.60. The minimum atomic E-state index is 1.09. The number of nitrogens with zero attached hydrogens (tertiary/aromatic N) is 2. The van der Waals surface area contributed by atoms with Crippen molar-refractivity contribution in [3.05, 3.63) is 35.9 Å². The molecule has 1 N–H and O–H groups in total. The summed E-state index contributed by atoms with van der Waals surface area (Å²) in [6, 6.07) is 10.7. The van der Waals surface area contributed by atoms with Crippen LogP contribution in [0.25, 0.3) is 11.3 Å². The van der Waals surface area contributed by atoms with Gasteiger partial charge in [0.25, 0.3) is 0 Å². The maximum Gasteiger partial charge on any atom is 0.150 e. The van der Waals surface area contributed by atoms with Crippen molar-refractivity contribution in [2.75, 3.05) is 18.0 Å². The molecule has 0 saturated carbocycles. The van der Waals surface area contributed by atoms with Crippen molar-refractivity contribution in [1.82, 2.24) is 10.2 Å². The van der Waals surface area contributed by atoms with Crippen molar-refractivity contribution in [1.29, 1.82) is 0 Å². The highest BCUT2D eigenvalue weighted by molar-refractivity contribution is 5.63. The first-order valence-corrected chi connectivity index (χ1v) is 6.70. The molecule has 0 aliphatic carbocycles. The highest BCUT2D eigenvalue weighted by Gasteiger charge is 2.14. The molecule has 3 nitrogen and oxygen atoms in total. The topological polar surface area (TPSA) is 31.9 Å². The number of hydrogen-bond acceptors (Lipinski definition) is 2. The molecule has 1 aliphatic heterocycles. The quantitative estimate of drug-likeness (QED) is 0.874. The van der Waals surface area contributed by atoms with Gasteiger partial charge in [-0.3, -0.25) is 5.10 Å². The summed E-state index contributed by atoms with van der Waals surface area (Å²) < 4.78 is 0. The lowest BCUT2D eigenvalue weighted by Gasteiger charge is -2.26. The van der Waals surface area contributed by atoms with Crippen LogP contribution in [0.5, 0.6) is 0 Å². The molecule has 0 unspecified atom stereocenters. The minimum Gasteiger partial charge on any atom is -0.355 e. The van der Waals surface area contributed by atoms with Crippen molar-refractivity contribution in [2.24, 2.45) is 0 Å². The Labute approximate surface area is 108 Å². The second-order valence-electron chi connectivity index (χ2n) is 5.06.